The maximum atomic E-state index is 9.79. The van der Waals surface area contributed by atoms with Crippen LogP contribution in [0.1, 0.15) is 40.6 Å². The molecule has 1 aromatic heterocycles. The van der Waals surface area contributed by atoms with E-state index in [0.29, 0.717) is 40.8 Å². The molecule has 2 heterocycles. The van der Waals surface area contributed by atoms with Crippen LogP contribution < -0.4 is 10.7 Å². The Bertz CT molecular complexity index is 1060. The summed E-state index contributed by atoms with van der Waals surface area (Å²) in [6, 6.07) is 11.2. The molecular formula is C21H23N5O3. The summed E-state index contributed by atoms with van der Waals surface area (Å²) in [6.45, 7) is 3.46. The zero-order valence-corrected chi connectivity index (χ0v) is 16.3. The van der Waals surface area contributed by atoms with Crippen LogP contribution in [0, 0.1) is 6.92 Å². The Hall–Kier alpha value is -3.23. The number of fused-ring (bicyclic) bond motifs is 1. The molecule has 1 aliphatic heterocycles. The predicted molar refractivity (Wildman–Crippen MR) is 109 cm³/mol. The van der Waals surface area contributed by atoms with Crippen LogP contribution in [0.5, 0.6) is 0 Å². The number of aliphatic hydroxyl groups is 2. The van der Waals surface area contributed by atoms with Crippen molar-refractivity contribution in [3.05, 3.63) is 70.1 Å². The molecule has 3 aromatic rings. The van der Waals surface area contributed by atoms with Gasteiger partial charge in [0.05, 0.1) is 25.0 Å². The number of rotatable bonds is 4. The topological polar surface area (TPSA) is 121 Å². The lowest BCUT2D eigenvalue weighted by atomic mass is 9.90. The van der Waals surface area contributed by atoms with Gasteiger partial charge in [-0.05, 0) is 53.4 Å². The summed E-state index contributed by atoms with van der Waals surface area (Å²) in [4.78, 5) is 4.34. The van der Waals surface area contributed by atoms with Gasteiger partial charge in [-0.15, -0.1) is 0 Å². The van der Waals surface area contributed by atoms with Crippen LogP contribution in [0.15, 0.2) is 46.0 Å². The van der Waals surface area contributed by atoms with Gasteiger partial charge in [0.25, 0.3) is 5.95 Å². The van der Waals surface area contributed by atoms with E-state index >= 15 is 0 Å². The molecule has 4 rings (SSSR count). The number of benzene rings is 2. The van der Waals surface area contributed by atoms with Crippen molar-refractivity contribution in [2.24, 2.45) is 5.10 Å². The maximum Gasteiger partial charge on any atom is 0.286 e. The molecule has 29 heavy (non-hydrogen) atoms. The number of nitrogens with zero attached hydrogens (tertiary/aromatic N) is 4. The molecule has 0 spiro atoms. The largest absolute Gasteiger partial charge is 0.399 e. The van der Waals surface area contributed by atoms with Crippen molar-refractivity contribution in [1.29, 1.82) is 0 Å². The van der Waals surface area contributed by atoms with Crippen LogP contribution in [0.3, 0.4) is 0 Å². The third kappa shape index (κ3) is 3.59. The first-order chi connectivity index (χ1) is 14.0. The van der Waals surface area contributed by atoms with Gasteiger partial charge in [0.1, 0.15) is 0 Å². The molecule has 2 aromatic carbocycles. The van der Waals surface area contributed by atoms with Gasteiger partial charge in [0.15, 0.2) is 0 Å². The van der Waals surface area contributed by atoms with Gasteiger partial charge in [-0.25, -0.2) is 5.01 Å². The van der Waals surface area contributed by atoms with Crippen LogP contribution in [-0.2, 0) is 19.6 Å². The number of hydrogen-bond acceptors (Lipinski definition) is 8. The maximum absolute atomic E-state index is 9.79. The lowest BCUT2D eigenvalue weighted by Gasteiger charge is -2.21. The van der Waals surface area contributed by atoms with E-state index in [4.69, 9.17) is 15.4 Å². The lowest BCUT2D eigenvalue weighted by Crippen LogP contribution is -2.30. The van der Waals surface area contributed by atoms with E-state index in [0.717, 1.165) is 16.7 Å². The molecule has 8 heteroatoms. The van der Waals surface area contributed by atoms with Gasteiger partial charge in [-0.2, -0.15) is 10.1 Å². The van der Waals surface area contributed by atoms with Crippen LogP contribution in [0.25, 0.3) is 0 Å². The van der Waals surface area contributed by atoms with Gasteiger partial charge in [0, 0.05) is 23.7 Å². The standard InChI is InChI=1S/C21H23N5O3/c1-12-7-15-8-16(10-27)17(11-28)9-19(15)20(14-3-5-18(22)6-4-14)24-26(12)21-23-13(2)29-25-21/h3-6,8-9,12,27-28H,7,10-11,22H2,1-2H3. The second kappa shape index (κ2) is 7.65. The summed E-state index contributed by atoms with van der Waals surface area (Å²) in [7, 11) is 0. The summed E-state index contributed by atoms with van der Waals surface area (Å²) in [5.41, 5.74) is 11.4. The van der Waals surface area contributed by atoms with Crippen molar-refractivity contribution >= 4 is 17.3 Å². The third-order valence-corrected chi connectivity index (χ3v) is 5.07. The van der Waals surface area contributed by atoms with Gasteiger partial charge in [-0.1, -0.05) is 18.2 Å². The first-order valence-corrected chi connectivity index (χ1v) is 9.41. The van der Waals surface area contributed by atoms with Crippen molar-refractivity contribution in [2.75, 3.05) is 10.7 Å². The summed E-state index contributed by atoms with van der Waals surface area (Å²) >= 11 is 0. The van der Waals surface area contributed by atoms with Crippen molar-refractivity contribution in [3.63, 3.8) is 0 Å². The number of aliphatic hydroxyl groups excluding tert-OH is 2. The molecule has 1 unspecified atom stereocenters. The van der Waals surface area contributed by atoms with Crippen LogP contribution >= 0.6 is 0 Å². The molecule has 150 valence electrons. The van der Waals surface area contributed by atoms with Gasteiger partial charge in [-0.3, -0.25) is 0 Å². The minimum atomic E-state index is -0.165. The molecule has 0 saturated carbocycles. The first kappa shape index (κ1) is 19.1. The van der Waals surface area contributed by atoms with E-state index < -0.39 is 0 Å². The Morgan fingerprint density at radius 2 is 1.83 bits per heavy atom. The number of hydrazone groups is 1. The highest BCUT2D eigenvalue weighted by atomic mass is 16.5. The van der Waals surface area contributed by atoms with Gasteiger partial charge in [0.2, 0.25) is 5.89 Å². The molecule has 0 aliphatic carbocycles. The fourth-order valence-corrected chi connectivity index (χ4v) is 3.57. The zero-order chi connectivity index (χ0) is 20.5. The highest BCUT2D eigenvalue weighted by Crippen LogP contribution is 2.29. The van der Waals surface area contributed by atoms with Crippen molar-refractivity contribution < 1.29 is 14.7 Å². The Morgan fingerprint density at radius 1 is 1.14 bits per heavy atom. The average molecular weight is 393 g/mol. The lowest BCUT2D eigenvalue weighted by molar-refractivity contribution is 0.260. The summed E-state index contributed by atoms with van der Waals surface area (Å²) < 4.78 is 5.16. The van der Waals surface area contributed by atoms with E-state index in [1.807, 2.05) is 43.3 Å². The van der Waals surface area contributed by atoms with Gasteiger partial charge >= 0.3 is 0 Å². The molecule has 0 bridgehead atoms. The third-order valence-electron chi connectivity index (χ3n) is 5.07. The minimum Gasteiger partial charge on any atom is -0.399 e. The van der Waals surface area contributed by atoms with Crippen LogP contribution in [0.2, 0.25) is 0 Å². The molecule has 0 saturated heterocycles. The average Bonchev–Trinajstić information content (AvgIpc) is 3.09. The molecule has 0 amide bonds. The molecule has 1 atom stereocenters. The van der Waals surface area contributed by atoms with E-state index in [9.17, 15) is 10.2 Å². The predicted octanol–water partition coefficient (Wildman–Crippen LogP) is 2.15. The highest BCUT2D eigenvalue weighted by Gasteiger charge is 2.27. The molecular weight excluding hydrogens is 370 g/mol. The smallest absolute Gasteiger partial charge is 0.286 e. The Kier molecular flexibility index (Phi) is 5.04. The second-order valence-electron chi connectivity index (χ2n) is 7.18. The quantitative estimate of drug-likeness (QED) is 0.581. The number of nitrogens with two attached hydrogens (primary N) is 1. The Morgan fingerprint density at radius 3 is 2.45 bits per heavy atom. The fourth-order valence-electron chi connectivity index (χ4n) is 3.57. The molecule has 0 radical (unpaired) electrons. The summed E-state index contributed by atoms with van der Waals surface area (Å²) in [5.74, 6) is 0.851. The van der Waals surface area contributed by atoms with Crippen LogP contribution in [0.4, 0.5) is 11.6 Å². The molecule has 8 nitrogen and oxygen atoms in total. The summed E-state index contributed by atoms with van der Waals surface area (Å²) in [6.07, 6.45) is 0.656. The van der Waals surface area contributed by atoms with Crippen molar-refractivity contribution in [3.8, 4) is 0 Å². The zero-order valence-electron chi connectivity index (χ0n) is 16.3. The number of aromatic nitrogens is 2. The minimum absolute atomic E-state index is 0.0523. The highest BCUT2D eigenvalue weighted by molar-refractivity contribution is 6.14. The Labute approximate surface area is 168 Å². The number of aryl methyl sites for hydroxylation is 1. The molecule has 4 N–H and O–H groups in total. The van der Waals surface area contributed by atoms with Gasteiger partial charge < -0.3 is 20.5 Å². The monoisotopic (exact) mass is 393 g/mol. The second-order valence-corrected chi connectivity index (χ2v) is 7.18. The SMILES string of the molecule is Cc1nc(N2N=C(c3ccc(N)cc3)c3cc(CO)c(CO)cc3CC2C)no1. The van der Waals surface area contributed by atoms with E-state index in [1.165, 1.54) is 0 Å². The van der Waals surface area contributed by atoms with Crippen LogP contribution in [-0.4, -0.2) is 32.1 Å². The number of hydrogen-bond donors (Lipinski definition) is 3. The Balaban J connectivity index is 1.93. The number of nitrogen functional groups attached to an aromatic ring is 1. The van der Waals surface area contributed by atoms with Crippen molar-refractivity contribution in [2.45, 2.75) is 39.5 Å². The van der Waals surface area contributed by atoms with E-state index in [2.05, 4.69) is 10.1 Å². The van der Waals surface area contributed by atoms with E-state index in [1.54, 1.807) is 11.9 Å². The molecule has 1 aliphatic rings. The summed E-state index contributed by atoms with van der Waals surface area (Å²) in [5, 5.41) is 30.2. The van der Waals surface area contributed by atoms with Crippen molar-refractivity contribution in [1.82, 2.24) is 10.1 Å². The normalized spacial score (nSPS) is 16.3. The fraction of sp³-hybridized carbons (Fsp3) is 0.286. The first-order valence-electron chi connectivity index (χ1n) is 9.41. The van der Waals surface area contributed by atoms with E-state index in [-0.39, 0.29) is 19.3 Å². The number of anilines is 2. The molecule has 0 fully saturated rings.